The predicted molar refractivity (Wildman–Crippen MR) is 95.2 cm³/mol. The highest BCUT2D eigenvalue weighted by atomic mass is 32.2. The number of carbonyl (C=O) groups is 1. The summed E-state index contributed by atoms with van der Waals surface area (Å²) < 4.78 is 6.99. The van der Waals surface area contributed by atoms with Gasteiger partial charge in [-0.15, -0.1) is 10.2 Å². The largest absolute Gasteiger partial charge is 0.383 e. The van der Waals surface area contributed by atoms with Gasteiger partial charge in [-0.3, -0.25) is 4.79 Å². The minimum absolute atomic E-state index is 0.0199. The lowest BCUT2D eigenvalue weighted by molar-refractivity contribution is -0.118. The quantitative estimate of drug-likeness (QED) is 0.525. The lowest BCUT2D eigenvalue weighted by Crippen LogP contribution is -2.28. The van der Waals surface area contributed by atoms with Crippen LogP contribution in [-0.2, 0) is 28.9 Å². The summed E-state index contributed by atoms with van der Waals surface area (Å²) >= 11 is 1.42. The molecule has 0 saturated carbocycles. The van der Waals surface area contributed by atoms with Crippen molar-refractivity contribution in [2.45, 2.75) is 31.5 Å². The molecule has 2 aromatic rings. The molecule has 1 aromatic carbocycles. The van der Waals surface area contributed by atoms with Gasteiger partial charge in [-0.05, 0) is 18.9 Å². The fourth-order valence-corrected chi connectivity index (χ4v) is 3.15. The number of carbonyl (C=O) groups excluding carboxylic acids is 1. The molecule has 7 heteroatoms. The van der Waals surface area contributed by atoms with Crippen molar-refractivity contribution in [2.24, 2.45) is 0 Å². The topological polar surface area (TPSA) is 69.0 Å². The van der Waals surface area contributed by atoms with Gasteiger partial charge in [0.15, 0.2) is 5.16 Å². The Morgan fingerprint density at radius 2 is 2.04 bits per heavy atom. The lowest BCUT2D eigenvalue weighted by atomic mass is 10.1. The third kappa shape index (κ3) is 5.65. The summed E-state index contributed by atoms with van der Waals surface area (Å²) in [6, 6.07) is 10.3. The first-order valence-electron chi connectivity index (χ1n) is 8.09. The second-order valence-corrected chi connectivity index (χ2v) is 6.20. The zero-order valence-corrected chi connectivity index (χ0v) is 15.0. The zero-order chi connectivity index (χ0) is 17.2. The maximum absolute atomic E-state index is 11.8. The van der Waals surface area contributed by atoms with E-state index in [-0.39, 0.29) is 5.91 Å². The molecular weight excluding hydrogens is 324 g/mol. The molecule has 0 unspecified atom stereocenters. The number of hydrogen-bond acceptors (Lipinski definition) is 5. The highest BCUT2D eigenvalue weighted by Gasteiger charge is 2.13. The number of nitrogens with zero attached hydrogens (tertiary/aromatic N) is 3. The third-order valence-electron chi connectivity index (χ3n) is 3.55. The number of amides is 1. The van der Waals surface area contributed by atoms with Crippen LogP contribution in [0.3, 0.4) is 0 Å². The smallest absolute Gasteiger partial charge is 0.230 e. The van der Waals surface area contributed by atoms with E-state index in [0.717, 1.165) is 30.4 Å². The van der Waals surface area contributed by atoms with E-state index in [0.29, 0.717) is 18.9 Å². The van der Waals surface area contributed by atoms with E-state index in [1.54, 1.807) is 7.11 Å². The number of thioether (sulfide) groups is 1. The zero-order valence-electron chi connectivity index (χ0n) is 14.2. The molecule has 130 valence electrons. The second-order valence-electron chi connectivity index (χ2n) is 5.26. The van der Waals surface area contributed by atoms with Crippen molar-refractivity contribution in [1.82, 2.24) is 20.1 Å². The second kappa shape index (κ2) is 10.1. The van der Waals surface area contributed by atoms with Crippen LogP contribution in [0.4, 0.5) is 0 Å². The molecule has 0 saturated heterocycles. The Bertz CT molecular complexity index is 631. The summed E-state index contributed by atoms with van der Waals surface area (Å²) in [5.74, 6) is 1.28. The van der Waals surface area contributed by atoms with E-state index in [1.165, 1.54) is 17.3 Å². The van der Waals surface area contributed by atoms with Crippen molar-refractivity contribution in [3.8, 4) is 0 Å². The van der Waals surface area contributed by atoms with E-state index < -0.39 is 0 Å². The number of benzene rings is 1. The summed E-state index contributed by atoms with van der Waals surface area (Å²) in [6.07, 6.45) is 1.77. The van der Waals surface area contributed by atoms with Crippen molar-refractivity contribution < 1.29 is 9.53 Å². The molecule has 24 heavy (non-hydrogen) atoms. The van der Waals surface area contributed by atoms with Crippen LogP contribution < -0.4 is 5.32 Å². The van der Waals surface area contributed by atoms with Crippen LogP contribution in [0.5, 0.6) is 0 Å². The van der Waals surface area contributed by atoms with Crippen molar-refractivity contribution in [3.05, 3.63) is 41.7 Å². The van der Waals surface area contributed by atoms with E-state index in [1.807, 2.05) is 18.2 Å². The Labute approximate surface area is 147 Å². The number of aryl methyl sites for hydroxylation is 2. The molecule has 0 bridgehead atoms. The molecule has 1 heterocycles. The number of hydrogen-bond donors (Lipinski definition) is 1. The van der Waals surface area contributed by atoms with Crippen LogP contribution in [0.1, 0.15) is 18.3 Å². The van der Waals surface area contributed by atoms with Crippen LogP contribution in [-0.4, -0.2) is 46.7 Å². The van der Waals surface area contributed by atoms with Gasteiger partial charge in [-0.25, -0.2) is 0 Å². The monoisotopic (exact) mass is 348 g/mol. The number of ether oxygens (including phenoxy) is 1. The summed E-state index contributed by atoms with van der Waals surface area (Å²) in [7, 11) is 1.61. The fraction of sp³-hybridized carbons (Fsp3) is 0.471. The predicted octanol–water partition coefficient (Wildman–Crippen LogP) is 1.94. The lowest BCUT2D eigenvalue weighted by Gasteiger charge is -2.08. The third-order valence-corrected chi connectivity index (χ3v) is 4.52. The normalized spacial score (nSPS) is 10.8. The highest BCUT2D eigenvalue weighted by molar-refractivity contribution is 7.99. The van der Waals surface area contributed by atoms with Crippen LogP contribution >= 0.6 is 11.8 Å². The Hall–Kier alpha value is -1.86. The van der Waals surface area contributed by atoms with Gasteiger partial charge < -0.3 is 14.6 Å². The highest BCUT2D eigenvalue weighted by Crippen LogP contribution is 2.17. The minimum atomic E-state index is -0.0199. The summed E-state index contributed by atoms with van der Waals surface area (Å²) in [4.78, 5) is 11.8. The van der Waals surface area contributed by atoms with Gasteiger partial charge in [0.1, 0.15) is 5.82 Å². The van der Waals surface area contributed by atoms with E-state index in [9.17, 15) is 4.79 Å². The first-order valence-corrected chi connectivity index (χ1v) is 9.07. The van der Waals surface area contributed by atoms with Gasteiger partial charge in [0.05, 0.1) is 12.4 Å². The molecule has 1 aromatic heterocycles. The van der Waals surface area contributed by atoms with Gasteiger partial charge in [0.25, 0.3) is 0 Å². The SMILES string of the molecule is CCn1c(CCc2ccccc2)nnc1SCC(=O)NCCOC. The fourth-order valence-electron chi connectivity index (χ4n) is 2.30. The average molecular weight is 348 g/mol. The molecule has 0 fully saturated rings. The number of rotatable bonds is 10. The van der Waals surface area contributed by atoms with E-state index in [2.05, 4.69) is 39.1 Å². The Kier molecular flexibility index (Phi) is 7.77. The number of nitrogens with one attached hydrogen (secondary N) is 1. The molecule has 0 aliphatic carbocycles. The summed E-state index contributed by atoms with van der Waals surface area (Å²) in [5.41, 5.74) is 1.29. The standard InChI is InChI=1S/C17H24N4O2S/c1-3-21-15(10-9-14-7-5-4-6-8-14)19-20-17(21)24-13-16(22)18-11-12-23-2/h4-8H,3,9-13H2,1-2H3,(H,18,22). The summed E-state index contributed by atoms with van der Waals surface area (Å²) in [5, 5.41) is 12.1. The van der Waals surface area contributed by atoms with Gasteiger partial charge in [0.2, 0.25) is 5.91 Å². The molecule has 6 nitrogen and oxygen atoms in total. The molecule has 1 amide bonds. The molecule has 0 spiro atoms. The van der Waals surface area contributed by atoms with Crippen molar-refractivity contribution in [1.29, 1.82) is 0 Å². The molecule has 0 aliphatic heterocycles. The van der Waals surface area contributed by atoms with Crippen molar-refractivity contribution >= 4 is 17.7 Å². The van der Waals surface area contributed by atoms with Crippen molar-refractivity contribution in [3.63, 3.8) is 0 Å². The van der Waals surface area contributed by atoms with Gasteiger partial charge in [0, 0.05) is 26.6 Å². The first kappa shape index (κ1) is 18.5. The Balaban J connectivity index is 1.87. The van der Waals surface area contributed by atoms with Gasteiger partial charge >= 0.3 is 0 Å². The Morgan fingerprint density at radius 3 is 2.75 bits per heavy atom. The molecule has 0 atom stereocenters. The minimum Gasteiger partial charge on any atom is -0.383 e. The maximum atomic E-state index is 11.8. The molecule has 0 aliphatic rings. The molecule has 0 radical (unpaired) electrons. The molecule has 1 N–H and O–H groups in total. The van der Waals surface area contributed by atoms with Gasteiger partial charge in [-0.1, -0.05) is 42.1 Å². The molecule has 2 rings (SSSR count). The maximum Gasteiger partial charge on any atom is 0.230 e. The van der Waals surface area contributed by atoms with Crippen LogP contribution in [0.2, 0.25) is 0 Å². The Morgan fingerprint density at radius 1 is 1.25 bits per heavy atom. The molecular formula is C17H24N4O2S. The van der Waals surface area contributed by atoms with E-state index in [4.69, 9.17) is 4.74 Å². The number of methoxy groups -OCH3 is 1. The van der Waals surface area contributed by atoms with Crippen LogP contribution in [0, 0.1) is 0 Å². The average Bonchev–Trinajstić information content (AvgIpc) is 3.01. The number of aromatic nitrogens is 3. The van der Waals surface area contributed by atoms with Gasteiger partial charge in [-0.2, -0.15) is 0 Å². The summed E-state index contributed by atoms with van der Waals surface area (Å²) in [6.45, 7) is 3.91. The van der Waals surface area contributed by atoms with Crippen LogP contribution in [0.15, 0.2) is 35.5 Å². The van der Waals surface area contributed by atoms with Crippen molar-refractivity contribution in [2.75, 3.05) is 26.0 Å². The first-order chi connectivity index (χ1) is 11.7. The van der Waals surface area contributed by atoms with E-state index >= 15 is 0 Å². The van der Waals surface area contributed by atoms with Crippen LogP contribution in [0.25, 0.3) is 0 Å².